The maximum Gasteiger partial charge on any atom is 0.346 e. The van der Waals surface area contributed by atoms with E-state index in [9.17, 15) is 9.90 Å². The number of halogens is 1. The first-order valence-electron chi connectivity index (χ1n) is 3.88. The first-order valence-corrected chi connectivity index (χ1v) is 4.67. The maximum absolute atomic E-state index is 10.5. The Kier molecular flexibility index (Phi) is 3.47. The molecule has 0 aliphatic heterocycles. The van der Waals surface area contributed by atoms with E-state index in [0.717, 1.165) is 0 Å². The zero-order chi connectivity index (χ0) is 11.4. The smallest absolute Gasteiger partial charge is 0.346 e. The van der Waals surface area contributed by atoms with Crippen molar-refractivity contribution in [3.8, 4) is 11.8 Å². The molecular weight excluding hydrogens is 262 g/mol. The van der Waals surface area contributed by atoms with Gasteiger partial charge in [-0.05, 0) is 39.7 Å². The van der Waals surface area contributed by atoms with Crippen LogP contribution in [0, 0.1) is 11.3 Å². The van der Waals surface area contributed by atoms with Gasteiger partial charge in [-0.25, -0.2) is 4.79 Å². The second-order valence-corrected chi connectivity index (χ2v) is 3.54. The Morgan fingerprint density at radius 3 is 2.67 bits per heavy atom. The van der Waals surface area contributed by atoms with Crippen molar-refractivity contribution in [2.24, 2.45) is 0 Å². The van der Waals surface area contributed by atoms with Crippen LogP contribution in [0.1, 0.15) is 5.56 Å². The third-order valence-electron chi connectivity index (χ3n) is 1.63. The van der Waals surface area contributed by atoms with Crippen LogP contribution in [-0.2, 0) is 4.79 Å². The molecule has 76 valence electrons. The van der Waals surface area contributed by atoms with E-state index in [-0.39, 0.29) is 11.3 Å². The number of hydrogen-bond donors (Lipinski definition) is 2. The molecule has 0 spiro atoms. The number of aliphatic carboxylic acids is 1. The van der Waals surface area contributed by atoms with Gasteiger partial charge in [0.2, 0.25) is 0 Å². The lowest BCUT2D eigenvalue weighted by molar-refractivity contribution is -0.132. The number of carboxylic acids is 1. The molecule has 0 heterocycles. The van der Waals surface area contributed by atoms with Gasteiger partial charge in [-0.3, -0.25) is 0 Å². The lowest BCUT2D eigenvalue weighted by atomic mass is 10.1. The Labute approximate surface area is 94.2 Å². The summed E-state index contributed by atoms with van der Waals surface area (Å²) >= 11 is 3.09. The van der Waals surface area contributed by atoms with Crippen molar-refractivity contribution in [1.29, 1.82) is 5.26 Å². The highest BCUT2D eigenvalue weighted by Gasteiger charge is 2.06. The molecule has 0 atom stereocenters. The highest BCUT2D eigenvalue weighted by atomic mass is 79.9. The summed E-state index contributed by atoms with van der Waals surface area (Å²) in [5.41, 5.74) is 0.172. The Morgan fingerprint density at radius 2 is 2.20 bits per heavy atom. The first kappa shape index (κ1) is 11.3. The fourth-order valence-corrected chi connectivity index (χ4v) is 1.32. The number of nitrogens with zero attached hydrogens (tertiary/aromatic N) is 1. The number of rotatable bonds is 2. The van der Waals surface area contributed by atoms with Crippen LogP contribution in [-0.4, -0.2) is 16.2 Å². The quantitative estimate of drug-likeness (QED) is 0.636. The largest absolute Gasteiger partial charge is 0.507 e. The molecule has 0 aliphatic carbocycles. The molecular formula is C10H6BrNO3. The van der Waals surface area contributed by atoms with E-state index in [1.165, 1.54) is 24.3 Å². The van der Waals surface area contributed by atoms with Gasteiger partial charge in [0.25, 0.3) is 0 Å². The number of nitriles is 1. The van der Waals surface area contributed by atoms with Crippen LogP contribution >= 0.6 is 15.9 Å². The molecule has 0 bridgehead atoms. The summed E-state index contributed by atoms with van der Waals surface area (Å²) in [5, 5.41) is 26.3. The number of aromatic hydroxyl groups is 1. The lowest BCUT2D eigenvalue weighted by Gasteiger charge is -1.98. The zero-order valence-corrected chi connectivity index (χ0v) is 9.02. The summed E-state index contributed by atoms with van der Waals surface area (Å²) in [6.45, 7) is 0. The molecule has 0 radical (unpaired) electrons. The van der Waals surface area contributed by atoms with Gasteiger partial charge in [-0.1, -0.05) is 6.07 Å². The summed E-state index contributed by atoms with van der Waals surface area (Å²) < 4.78 is 0.443. The number of phenols is 1. The van der Waals surface area contributed by atoms with Crippen LogP contribution in [0.25, 0.3) is 6.08 Å². The molecule has 0 aliphatic rings. The van der Waals surface area contributed by atoms with Crippen LogP contribution in [0.5, 0.6) is 5.75 Å². The molecule has 0 amide bonds. The molecule has 0 saturated carbocycles. The molecule has 0 saturated heterocycles. The van der Waals surface area contributed by atoms with E-state index >= 15 is 0 Å². The molecule has 1 rings (SSSR count). The molecule has 0 fully saturated rings. The van der Waals surface area contributed by atoms with Gasteiger partial charge in [0.1, 0.15) is 17.4 Å². The van der Waals surface area contributed by atoms with E-state index in [1.54, 1.807) is 6.07 Å². The number of phenolic OH excluding ortho intramolecular Hbond substituents is 1. The number of benzene rings is 1. The SMILES string of the molecule is N#C/C(=C\c1ccc(O)c(Br)c1)C(=O)O. The minimum absolute atomic E-state index is 0.0565. The maximum atomic E-state index is 10.5. The van der Waals surface area contributed by atoms with Crippen molar-refractivity contribution in [1.82, 2.24) is 0 Å². The van der Waals surface area contributed by atoms with Gasteiger partial charge in [0, 0.05) is 0 Å². The third kappa shape index (κ3) is 2.82. The second kappa shape index (κ2) is 4.62. The highest BCUT2D eigenvalue weighted by molar-refractivity contribution is 9.10. The number of carbonyl (C=O) groups is 1. The molecule has 0 aromatic heterocycles. The predicted molar refractivity (Wildman–Crippen MR) is 57.0 cm³/mol. The van der Waals surface area contributed by atoms with Crippen molar-refractivity contribution in [3.63, 3.8) is 0 Å². The minimum atomic E-state index is -1.28. The molecule has 1 aromatic carbocycles. The van der Waals surface area contributed by atoms with Crippen LogP contribution in [0.15, 0.2) is 28.2 Å². The fraction of sp³-hybridized carbons (Fsp3) is 0. The van der Waals surface area contributed by atoms with Crippen molar-refractivity contribution >= 4 is 28.0 Å². The standard InChI is InChI=1S/C10H6BrNO3/c11-8-4-6(1-2-9(8)13)3-7(5-12)10(14)15/h1-4,13H,(H,14,15)/b7-3+. The van der Waals surface area contributed by atoms with E-state index in [2.05, 4.69) is 15.9 Å². The van der Waals surface area contributed by atoms with Gasteiger partial charge in [-0.2, -0.15) is 5.26 Å². The predicted octanol–water partition coefficient (Wildman–Crippen LogP) is 2.15. The molecule has 0 unspecified atom stereocenters. The first-order chi connectivity index (χ1) is 7.04. The van der Waals surface area contributed by atoms with Gasteiger partial charge in [-0.15, -0.1) is 0 Å². The zero-order valence-electron chi connectivity index (χ0n) is 7.44. The summed E-state index contributed by atoms with van der Waals surface area (Å²) in [7, 11) is 0. The van der Waals surface area contributed by atoms with E-state index in [1.807, 2.05) is 0 Å². The highest BCUT2D eigenvalue weighted by Crippen LogP contribution is 2.25. The molecule has 15 heavy (non-hydrogen) atoms. The summed E-state index contributed by atoms with van der Waals surface area (Å²) in [4.78, 5) is 10.5. The monoisotopic (exact) mass is 267 g/mol. The Hall–Kier alpha value is -1.80. The van der Waals surface area contributed by atoms with E-state index in [4.69, 9.17) is 10.4 Å². The van der Waals surface area contributed by atoms with Gasteiger partial charge in [0.15, 0.2) is 0 Å². The molecule has 2 N–H and O–H groups in total. The lowest BCUT2D eigenvalue weighted by Crippen LogP contribution is -1.97. The van der Waals surface area contributed by atoms with Gasteiger partial charge < -0.3 is 10.2 Å². The fourth-order valence-electron chi connectivity index (χ4n) is 0.921. The topological polar surface area (TPSA) is 81.3 Å². The van der Waals surface area contributed by atoms with Crippen LogP contribution < -0.4 is 0 Å². The summed E-state index contributed by atoms with van der Waals surface area (Å²) in [6, 6.07) is 6.01. The number of hydrogen-bond acceptors (Lipinski definition) is 3. The molecule has 1 aromatic rings. The van der Waals surface area contributed by atoms with Crippen molar-refractivity contribution < 1.29 is 15.0 Å². The van der Waals surface area contributed by atoms with Crippen molar-refractivity contribution in [2.45, 2.75) is 0 Å². The van der Waals surface area contributed by atoms with Crippen LogP contribution in [0.3, 0.4) is 0 Å². The number of carboxylic acid groups (broad SMARTS) is 1. The van der Waals surface area contributed by atoms with E-state index in [0.29, 0.717) is 10.0 Å². The second-order valence-electron chi connectivity index (χ2n) is 2.69. The molecule has 4 nitrogen and oxygen atoms in total. The average Bonchev–Trinajstić information content (AvgIpc) is 2.19. The molecule has 5 heteroatoms. The summed E-state index contributed by atoms with van der Waals surface area (Å²) in [6.07, 6.45) is 1.23. The Balaban J connectivity index is 3.14. The van der Waals surface area contributed by atoms with E-state index < -0.39 is 5.97 Å². The van der Waals surface area contributed by atoms with Crippen LogP contribution in [0.4, 0.5) is 0 Å². The summed E-state index contributed by atoms with van der Waals surface area (Å²) in [5.74, 6) is -1.22. The Bertz CT molecular complexity index is 474. The Morgan fingerprint density at radius 1 is 1.53 bits per heavy atom. The van der Waals surface area contributed by atoms with Crippen LogP contribution in [0.2, 0.25) is 0 Å². The van der Waals surface area contributed by atoms with Crippen molar-refractivity contribution in [3.05, 3.63) is 33.8 Å². The van der Waals surface area contributed by atoms with Gasteiger partial charge in [0.05, 0.1) is 4.47 Å². The van der Waals surface area contributed by atoms with Gasteiger partial charge >= 0.3 is 5.97 Å². The normalized spacial score (nSPS) is 10.8. The third-order valence-corrected chi connectivity index (χ3v) is 2.27. The average molecular weight is 268 g/mol. The minimum Gasteiger partial charge on any atom is -0.507 e. The van der Waals surface area contributed by atoms with Crippen molar-refractivity contribution in [2.75, 3.05) is 0 Å².